The van der Waals surface area contributed by atoms with Crippen LogP contribution in [0.25, 0.3) is 0 Å². The number of nitrogens with zero attached hydrogens (tertiary/aromatic N) is 1. The second-order valence-electron chi connectivity index (χ2n) is 4.46. The van der Waals surface area contributed by atoms with E-state index in [2.05, 4.69) is 4.72 Å². The number of rotatable bonds is 5. The maximum atomic E-state index is 11.7. The molecule has 5 nitrogen and oxygen atoms in total. The highest BCUT2D eigenvalue weighted by Crippen LogP contribution is 2.31. The largest absolute Gasteiger partial charge is 0.326 e. The fourth-order valence-electron chi connectivity index (χ4n) is 1.91. The van der Waals surface area contributed by atoms with E-state index in [4.69, 9.17) is 5.73 Å². The lowest BCUT2D eigenvalue weighted by molar-refractivity contribution is 0.457. The van der Waals surface area contributed by atoms with Gasteiger partial charge in [-0.2, -0.15) is 12.7 Å². The summed E-state index contributed by atoms with van der Waals surface area (Å²) in [7, 11) is -3.26. The molecule has 0 spiro atoms. The minimum Gasteiger partial charge on any atom is -0.326 e. The molecule has 0 radical (unpaired) electrons. The number of hydrogen-bond acceptors (Lipinski definition) is 3. The molecule has 1 unspecified atom stereocenters. The molecule has 0 aromatic rings. The molecule has 3 N–H and O–H groups in total. The van der Waals surface area contributed by atoms with Crippen LogP contribution in [-0.2, 0) is 10.2 Å². The molecular formula is C9H20ClN3O2S. The summed E-state index contributed by atoms with van der Waals surface area (Å²) in [5.74, 6) is 0.534. The van der Waals surface area contributed by atoms with E-state index in [0.29, 0.717) is 25.6 Å². The lowest BCUT2D eigenvalue weighted by Gasteiger charge is -2.18. The molecule has 2 aliphatic rings. The van der Waals surface area contributed by atoms with Crippen molar-refractivity contribution in [2.24, 2.45) is 11.7 Å². The van der Waals surface area contributed by atoms with Crippen LogP contribution in [0, 0.1) is 5.92 Å². The van der Waals surface area contributed by atoms with E-state index >= 15 is 0 Å². The summed E-state index contributed by atoms with van der Waals surface area (Å²) < 4.78 is 27.6. The van der Waals surface area contributed by atoms with E-state index in [1.165, 1.54) is 4.31 Å². The molecule has 1 saturated heterocycles. The highest BCUT2D eigenvalue weighted by atomic mass is 35.5. The number of nitrogens with one attached hydrogen (secondary N) is 1. The standard InChI is InChI=1S/C9H19N3O2S.ClH/c10-9(8-3-4-8)7-11-15(13,14)12-5-1-2-6-12;/h8-9,11H,1-7,10H2;1H. The van der Waals surface area contributed by atoms with Crippen molar-refractivity contribution in [1.29, 1.82) is 0 Å². The van der Waals surface area contributed by atoms with Crippen LogP contribution in [0.3, 0.4) is 0 Å². The molecule has 1 heterocycles. The number of hydrogen-bond donors (Lipinski definition) is 2. The van der Waals surface area contributed by atoms with Gasteiger partial charge in [0.2, 0.25) is 0 Å². The second-order valence-corrected chi connectivity index (χ2v) is 6.22. The SMILES string of the molecule is Cl.NC(CNS(=O)(=O)N1CCCC1)C1CC1. The third-order valence-corrected chi connectivity index (χ3v) is 4.71. The van der Waals surface area contributed by atoms with Crippen molar-refractivity contribution >= 4 is 22.6 Å². The highest BCUT2D eigenvalue weighted by molar-refractivity contribution is 7.87. The van der Waals surface area contributed by atoms with E-state index in [1.54, 1.807) is 0 Å². The first-order valence-corrected chi connectivity index (χ1v) is 7.04. The van der Waals surface area contributed by atoms with Crippen molar-refractivity contribution in [2.75, 3.05) is 19.6 Å². The topological polar surface area (TPSA) is 75.4 Å². The van der Waals surface area contributed by atoms with E-state index in [0.717, 1.165) is 25.7 Å². The summed E-state index contributed by atoms with van der Waals surface area (Å²) in [6.45, 7) is 1.67. The van der Waals surface area contributed by atoms with Gasteiger partial charge in [-0.3, -0.25) is 0 Å². The van der Waals surface area contributed by atoms with Gasteiger partial charge in [-0.05, 0) is 31.6 Å². The molecule has 0 bridgehead atoms. The van der Waals surface area contributed by atoms with Gasteiger partial charge in [0.15, 0.2) is 0 Å². The lowest BCUT2D eigenvalue weighted by atomic mass is 10.2. The first kappa shape index (κ1) is 14.2. The molecule has 1 atom stereocenters. The molecule has 96 valence electrons. The molecule has 7 heteroatoms. The van der Waals surface area contributed by atoms with Crippen LogP contribution in [0.5, 0.6) is 0 Å². The summed E-state index contributed by atoms with van der Waals surface area (Å²) >= 11 is 0. The van der Waals surface area contributed by atoms with Crippen molar-refractivity contribution in [2.45, 2.75) is 31.7 Å². The molecule has 2 rings (SSSR count). The van der Waals surface area contributed by atoms with Gasteiger partial charge in [0.05, 0.1) is 0 Å². The zero-order chi connectivity index (χ0) is 10.9. The van der Waals surface area contributed by atoms with E-state index < -0.39 is 10.2 Å². The van der Waals surface area contributed by atoms with Crippen LogP contribution in [0.2, 0.25) is 0 Å². The molecule has 1 saturated carbocycles. The Morgan fingerprint density at radius 3 is 2.38 bits per heavy atom. The van der Waals surface area contributed by atoms with Gasteiger partial charge in [0, 0.05) is 25.7 Å². The van der Waals surface area contributed by atoms with Crippen LogP contribution in [0.1, 0.15) is 25.7 Å². The van der Waals surface area contributed by atoms with Crippen LogP contribution in [0.4, 0.5) is 0 Å². The van der Waals surface area contributed by atoms with Crippen molar-refractivity contribution in [3.63, 3.8) is 0 Å². The lowest BCUT2D eigenvalue weighted by Crippen LogP contribution is -2.44. The first-order valence-electron chi connectivity index (χ1n) is 5.60. The average Bonchev–Trinajstić information content (AvgIpc) is 2.89. The van der Waals surface area contributed by atoms with E-state index in [9.17, 15) is 8.42 Å². The van der Waals surface area contributed by atoms with Crippen LogP contribution < -0.4 is 10.5 Å². The molecule has 0 aromatic carbocycles. The Bertz CT molecular complexity index is 313. The zero-order valence-electron chi connectivity index (χ0n) is 9.26. The summed E-state index contributed by atoms with van der Waals surface area (Å²) in [5.41, 5.74) is 5.84. The second kappa shape index (κ2) is 5.64. The molecule has 1 aliphatic carbocycles. The summed E-state index contributed by atoms with van der Waals surface area (Å²) in [4.78, 5) is 0. The molecule has 0 amide bonds. The quantitative estimate of drug-likeness (QED) is 0.742. The predicted octanol–water partition coefficient (Wildman–Crippen LogP) is 0.0757. The van der Waals surface area contributed by atoms with Gasteiger partial charge < -0.3 is 5.73 Å². The molecule has 0 aromatic heterocycles. The third-order valence-electron chi connectivity index (χ3n) is 3.13. The fourth-order valence-corrected chi connectivity index (χ4v) is 3.24. The number of halogens is 1. The van der Waals surface area contributed by atoms with Gasteiger partial charge in [0.25, 0.3) is 10.2 Å². The Balaban J connectivity index is 0.00000128. The van der Waals surface area contributed by atoms with Gasteiger partial charge in [-0.1, -0.05) is 0 Å². The Morgan fingerprint density at radius 2 is 1.88 bits per heavy atom. The molecular weight excluding hydrogens is 250 g/mol. The van der Waals surface area contributed by atoms with Gasteiger partial charge in [-0.15, -0.1) is 12.4 Å². The highest BCUT2D eigenvalue weighted by Gasteiger charge is 2.31. The summed E-state index contributed by atoms with van der Waals surface area (Å²) in [6, 6.07) is -0.0117. The number of nitrogens with two attached hydrogens (primary N) is 1. The zero-order valence-corrected chi connectivity index (χ0v) is 10.9. The van der Waals surface area contributed by atoms with Crippen molar-refractivity contribution < 1.29 is 8.42 Å². The Hall–Kier alpha value is 0.120. The van der Waals surface area contributed by atoms with E-state index in [1.807, 2.05) is 0 Å². The monoisotopic (exact) mass is 269 g/mol. The average molecular weight is 270 g/mol. The van der Waals surface area contributed by atoms with Gasteiger partial charge in [0.1, 0.15) is 0 Å². The third kappa shape index (κ3) is 3.56. The van der Waals surface area contributed by atoms with Crippen molar-refractivity contribution in [3.8, 4) is 0 Å². The Kier molecular flexibility index (Phi) is 5.00. The molecule has 1 aliphatic heterocycles. The molecule has 16 heavy (non-hydrogen) atoms. The van der Waals surface area contributed by atoms with Crippen molar-refractivity contribution in [3.05, 3.63) is 0 Å². The minimum absolute atomic E-state index is 0. The van der Waals surface area contributed by atoms with E-state index in [-0.39, 0.29) is 18.4 Å². The summed E-state index contributed by atoms with van der Waals surface area (Å²) in [6.07, 6.45) is 4.23. The smallest absolute Gasteiger partial charge is 0.279 e. The minimum atomic E-state index is -3.26. The van der Waals surface area contributed by atoms with Crippen LogP contribution in [-0.4, -0.2) is 38.4 Å². The van der Waals surface area contributed by atoms with Crippen molar-refractivity contribution in [1.82, 2.24) is 9.03 Å². The Morgan fingerprint density at radius 1 is 1.31 bits per heavy atom. The molecule has 2 fully saturated rings. The first-order chi connectivity index (χ1) is 7.09. The summed E-state index contributed by atoms with van der Waals surface area (Å²) in [5, 5.41) is 0. The van der Waals surface area contributed by atoms with Crippen LogP contribution >= 0.6 is 12.4 Å². The maximum Gasteiger partial charge on any atom is 0.279 e. The normalized spacial score (nSPS) is 24.1. The Labute approximate surface area is 103 Å². The predicted molar refractivity (Wildman–Crippen MR) is 65.7 cm³/mol. The van der Waals surface area contributed by atoms with Crippen LogP contribution in [0.15, 0.2) is 0 Å². The maximum absolute atomic E-state index is 11.7. The van der Waals surface area contributed by atoms with Gasteiger partial charge >= 0.3 is 0 Å². The fraction of sp³-hybridized carbons (Fsp3) is 1.00. The van der Waals surface area contributed by atoms with Gasteiger partial charge in [-0.25, -0.2) is 4.72 Å².